The van der Waals surface area contributed by atoms with Gasteiger partial charge in [0, 0.05) is 13.1 Å². The van der Waals surface area contributed by atoms with Gasteiger partial charge in [-0.1, -0.05) is 0 Å². The highest BCUT2D eigenvalue weighted by Gasteiger charge is 2.29. The van der Waals surface area contributed by atoms with E-state index in [0.717, 1.165) is 25.9 Å². The van der Waals surface area contributed by atoms with E-state index in [2.05, 4.69) is 5.32 Å². The zero-order valence-electron chi connectivity index (χ0n) is 10.1. The van der Waals surface area contributed by atoms with E-state index in [9.17, 15) is 4.79 Å². The lowest BCUT2D eigenvalue weighted by Crippen LogP contribution is -2.34. The molecule has 1 aliphatic heterocycles. The van der Waals surface area contributed by atoms with Crippen LogP contribution in [-0.4, -0.2) is 49.7 Å². The first kappa shape index (κ1) is 11.9. The molecule has 2 rings (SSSR count). The summed E-state index contributed by atoms with van der Waals surface area (Å²) in [7, 11) is 1.91. The number of ether oxygens (including phenoxy) is 1. The van der Waals surface area contributed by atoms with E-state index in [1.165, 1.54) is 12.8 Å². The normalized spacial score (nSPS) is 22.1. The van der Waals surface area contributed by atoms with Crippen LogP contribution in [0.25, 0.3) is 0 Å². The van der Waals surface area contributed by atoms with Crippen LogP contribution in [0.3, 0.4) is 0 Å². The smallest absolute Gasteiger partial charge is 0.224 e. The van der Waals surface area contributed by atoms with Crippen LogP contribution in [0.15, 0.2) is 0 Å². The molecule has 0 atom stereocenters. The Morgan fingerprint density at radius 3 is 2.62 bits per heavy atom. The number of hydrogen-bond acceptors (Lipinski definition) is 3. The van der Waals surface area contributed by atoms with Gasteiger partial charge >= 0.3 is 0 Å². The molecular weight excluding hydrogens is 204 g/mol. The average molecular weight is 226 g/mol. The van der Waals surface area contributed by atoms with Crippen molar-refractivity contribution in [2.45, 2.75) is 44.2 Å². The number of nitrogens with one attached hydrogen (secondary N) is 1. The number of carbonyl (C=O) groups excluding carboxylic acids is 1. The van der Waals surface area contributed by atoms with Crippen molar-refractivity contribution in [2.24, 2.45) is 0 Å². The van der Waals surface area contributed by atoms with E-state index in [-0.39, 0.29) is 5.91 Å². The van der Waals surface area contributed by atoms with Crippen LogP contribution in [0.5, 0.6) is 0 Å². The molecule has 0 aromatic rings. The van der Waals surface area contributed by atoms with Crippen LogP contribution in [0, 0.1) is 0 Å². The maximum absolute atomic E-state index is 11.7. The van der Waals surface area contributed by atoms with E-state index >= 15 is 0 Å². The van der Waals surface area contributed by atoms with Gasteiger partial charge in [-0.15, -0.1) is 0 Å². The molecule has 92 valence electrons. The molecule has 0 aromatic heterocycles. The highest BCUT2D eigenvalue weighted by atomic mass is 16.5. The third-order valence-corrected chi connectivity index (χ3v) is 3.44. The highest BCUT2D eigenvalue weighted by Crippen LogP contribution is 2.25. The zero-order chi connectivity index (χ0) is 11.4. The summed E-state index contributed by atoms with van der Waals surface area (Å²) in [6, 6.07) is 0.520. The molecule has 4 nitrogen and oxygen atoms in total. The van der Waals surface area contributed by atoms with Gasteiger partial charge in [-0.2, -0.15) is 0 Å². The number of rotatable bonds is 5. The lowest BCUT2D eigenvalue weighted by Gasteiger charge is -2.23. The largest absolute Gasteiger partial charge is 0.378 e. The van der Waals surface area contributed by atoms with Crippen LogP contribution in [0.2, 0.25) is 0 Å². The molecule has 0 spiro atoms. The summed E-state index contributed by atoms with van der Waals surface area (Å²) >= 11 is 0. The van der Waals surface area contributed by atoms with Crippen LogP contribution in [-0.2, 0) is 9.53 Å². The molecule has 0 aromatic carbocycles. The molecule has 16 heavy (non-hydrogen) atoms. The monoisotopic (exact) mass is 226 g/mol. The molecule has 0 bridgehead atoms. The van der Waals surface area contributed by atoms with Gasteiger partial charge in [0.15, 0.2) is 0 Å². The first-order chi connectivity index (χ1) is 7.77. The Kier molecular flexibility index (Phi) is 4.18. The molecule has 0 radical (unpaired) electrons. The van der Waals surface area contributed by atoms with Crippen LogP contribution < -0.4 is 5.32 Å². The predicted molar refractivity (Wildman–Crippen MR) is 62.3 cm³/mol. The topological polar surface area (TPSA) is 41.6 Å². The summed E-state index contributed by atoms with van der Waals surface area (Å²) in [6.45, 7) is 2.67. The van der Waals surface area contributed by atoms with Gasteiger partial charge in [0.05, 0.1) is 19.1 Å². The predicted octanol–water partition coefficient (Wildman–Crippen LogP) is 0.766. The maximum Gasteiger partial charge on any atom is 0.224 e. The van der Waals surface area contributed by atoms with E-state index in [4.69, 9.17) is 4.74 Å². The fraction of sp³-hybridized carbons (Fsp3) is 0.917. The lowest BCUT2D eigenvalue weighted by molar-refractivity contribution is -0.132. The van der Waals surface area contributed by atoms with E-state index in [1.54, 1.807) is 0 Å². The number of carbonyl (C=O) groups is 1. The second kappa shape index (κ2) is 5.64. The molecule has 0 unspecified atom stereocenters. The molecule has 2 fully saturated rings. The minimum absolute atomic E-state index is 0.233. The Morgan fingerprint density at radius 2 is 2.00 bits per heavy atom. The molecule has 4 heteroatoms. The first-order valence-corrected chi connectivity index (χ1v) is 6.35. The molecular formula is C12H22N2O2. The second-order valence-electron chi connectivity index (χ2n) is 4.81. The zero-order valence-corrected chi connectivity index (χ0v) is 10.1. The van der Waals surface area contributed by atoms with Gasteiger partial charge in [-0.25, -0.2) is 0 Å². The van der Waals surface area contributed by atoms with Crippen molar-refractivity contribution in [2.75, 3.05) is 26.7 Å². The van der Waals surface area contributed by atoms with E-state index < -0.39 is 0 Å². The first-order valence-electron chi connectivity index (χ1n) is 6.35. The summed E-state index contributed by atoms with van der Waals surface area (Å²) in [4.78, 5) is 13.6. The van der Waals surface area contributed by atoms with Crippen molar-refractivity contribution in [3.05, 3.63) is 0 Å². The van der Waals surface area contributed by atoms with Crippen molar-refractivity contribution >= 4 is 5.91 Å². The second-order valence-corrected chi connectivity index (χ2v) is 4.81. The molecule has 2 aliphatic rings. The van der Waals surface area contributed by atoms with Gasteiger partial charge in [0.25, 0.3) is 0 Å². The summed E-state index contributed by atoms with van der Waals surface area (Å²) in [6.07, 6.45) is 5.41. The minimum Gasteiger partial charge on any atom is -0.378 e. The maximum atomic E-state index is 11.7. The van der Waals surface area contributed by atoms with Gasteiger partial charge in [-0.05, 0) is 38.8 Å². The fourth-order valence-corrected chi connectivity index (χ4v) is 2.12. The van der Waals surface area contributed by atoms with Crippen LogP contribution >= 0.6 is 0 Å². The van der Waals surface area contributed by atoms with Crippen LogP contribution in [0.4, 0.5) is 0 Å². The third-order valence-electron chi connectivity index (χ3n) is 3.44. The molecule has 1 heterocycles. The Labute approximate surface area is 97.3 Å². The quantitative estimate of drug-likeness (QED) is 0.752. The summed E-state index contributed by atoms with van der Waals surface area (Å²) in [5.41, 5.74) is 0. The van der Waals surface area contributed by atoms with Gasteiger partial charge < -0.3 is 15.0 Å². The van der Waals surface area contributed by atoms with Gasteiger partial charge in [0.1, 0.15) is 0 Å². The number of amides is 1. The molecule has 1 aliphatic carbocycles. The minimum atomic E-state index is 0.233. The highest BCUT2D eigenvalue weighted by molar-refractivity contribution is 5.76. The Balaban J connectivity index is 1.57. The summed E-state index contributed by atoms with van der Waals surface area (Å²) in [5, 5.41) is 3.30. The molecule has 1 amide bonds. The van der Waals surface area contributed by atoms with Crippen molar-refractivity contribution in [1.82, 2.24) is 10.2 Å². The Morgan fingerprint density at radius 1 is 1.31 bits per heavy atom. The third kappa shape index (κ3) is 3.46. The lowest BCUT2D eigenvalue weighted by atomic mass is 10.1. The standard InChI is InChI=1S/C12H22N2O2/c1-14(10-2-3-10)12(15)6-9-16-11-4-7-13-8-5-11/h10-11,13H,2-9H2,1H3. The SMILES string of the molecule is CN(C(=O)CCOC1CCNCC1)C1CC1. The van der Waals surface area contributed by atoms with Crippen molar-refractivity contribution in [3.63, 3.8) is 0 Å². The number of nitrogens with zero attached hydrogens (tertiary/aromatic N) is 1. The van der Waals surface area contributed by atoms with Crippen molar-refractivity contribution in [3.8, 4) is 0 Å². The van der Waals surface area contributed by atoms with Crippen LogP contribution in [0.1, 0.15) is 32.1 Å². The number of hydrogen-bond donors (Lipinski definition) is 1. The van der Waals surface area contributed by atoms with Crippen molar-refractivity contribution in [1.29, 1.82) is 0 Å². The Bertz CT molecular complexity index is 235. The average Bonchev–Trinajstić information content (AvgIpc) is 3.13. The van der Waals surface area contributed by atoms with E-state index in [1.807, 2.05) is 11.9 Å². The summed E-state index contributed by atoms with van der Waals surface area (Å²) < 4.78 is 5.72. The molecule has 1 N–H and O–H groups in total. The van der Waals surface area contributed by atoms with E-state index in [0.29, 0.717) is 25.2 Å². The number of piperidine rings is 1. The summed E-state index contributed by atoms with van der Waals surface area (Å²) in [5.74, 6) is 0.233. The van der Waals surface area contributed by atoms with Gasteiger partial charge in [0.2, 0.25) is 5.91 Å². The molecule has 1 saturated carbocycles. The van der Waals surface area contributed by atoms with Gasteiger partial charge in [-0.3, -0.25) is 4.79 Å². The fourth-order valence-electron chi connectivity index (χ4n) is 2.12. The Hall–Kier alpha value is -0.610. The van der Waals surface area contributed by atoms with Crippen molar-refractivity contribution < 1.29 is 9.53 Å². The molecule has 1 saturated heterocycles.